The van der Waals surface area contributed by atoms with E-state index in [2.05, 4.69) is 30.2 Å². The SMILES string of the molecule is CCCOC12CC3CC(C1)CC(OC(C)=O)(C3)C2.CCCOC12CC3CC(CC(COC(C)=O)(C3)C1)C2.CCCOC1C2CC3CC1CC(COC(C)=O)(C3)C2.CCCOCCOC(C)=O.CCOCCOC(C)=O. The molecule has 12 bridgehead atoms. The summed E-state index contributed by atoms with van der Waals surface area (Å²) in [5.74, 6) is 4.41. The minimum atomic E-state index is -0.255. The van der Waals surface area contributed by atoms with Crippen molar-refractivity contribution in [2.75, 3.05) is 72.7 Å². The second-order valence-electron chi connectivity index (χ2n) is 24.6. The van der Waals surface area contributed by atoms with E-state index in [4.69, 9.17) is 37.9 Å². The Morgan fingerprint density at radius 1 is 0.387 bits per heavy atom. The molecule has 0 saturated heterocycles. The largest absolute Gasteiger partial charge is 0.465 e. The standard InChI is InChI=1S/2C16H26O3.C15H24O3.C7H14O3.C6H12O3/c1-3-4-19-16-8-13-5-14(9-16)7-15(6-13,10-16)11-18-12(2)17;1-3-4-18-15-13-5-12-6-14(15)9-16(7-12,8-13)10-19-11(2)17;1-3-4-17-14-6-12-5-13(7-14)9-15(8-12,10-14)18-11(2)16;1-3-4-9-5-6-10-7(2)8;1-3-8-4-5-9-6(2)7/h13-14H,3-11H2,1-2H3;12-15H,3-10H2,1-2H3;12-13H,3-10H2,1-2H3;3-6H2,1-2H3;3-5H2,1-2H3. The Hall–Kier alpha value is -2.85. The molecule has 0 aromatic heterocycles. The summed E-state index contributed by atoms with van der Waals surface area (Å²) in [6.45, 7) is 24.8. The van der Waals surface area contributed by atoms with Gasteiger partial charge in [0, 0.05) is 84.9 Å². The first-order valence-electron chi connectivity index (χ1n) is 29.5. The molecule has 15 nitrogen and oxygen atoms in total. The number of carbonyl (C=O) groups is 5. The lowest BCUT2D eigenvalue weighted by Gasteiger charge is -2.61. The number of hydrogen-bond acceptors (Lipinski definition) is 15. The molecular weight excluding hydrogens is 961 g/mol. The Labute approximate surface area is 451 Å². The van der Waals surface area contributed by atoms with Gasteiger partial charge in [0.2, 0.25) is 0 Å². The van der Waals surface area contributed by atoms with E-state index in [0.717, 1.165) is 95.5 Å². The van der Waals surface area contributed by atoms with Crippen molar-refractivity contribution in [3.63, 3.8) is 0 Å². The number of rotatable bonds is 23. The maximum Gasteiger partial charge on any atom is 0.303 e. The molecule has 0 spiro atoms. The summed E-state index contributed by atoms with van der Waals surface area (Å²) in [6, 6.07) is 0. The van der Waals surface area contributed by atoms with Crippen molar-refractivity contribution in [2.24, 2.45) is 52.3 Å². The predicted molar refractivity (Wildman–Crippen MR) is 284 cm³/mol. The smallest absolute Gasteiger partial charge is 0.303 e. The van der Waals surface area contributed by atoms with Crippen molar-refractivity contribution in [1.82, 2.24) is 0 Å². The Morgan fingerprint density at radius 2 is 0.813 bits per heavy atom. The summed E-state index contributed by atoms with van der Waals surface area (Å²) in [5.41, 5.74) is 0.456. The summed E-state index contributed by atoms with van der Waals surface area (Å²) < 4.78 is 54.3. The Bertz CT molecular complexity index is 1740. The Morgan fingerprint density at radius 3 is 1.27 bits per heavy atom. The molecule has 0 radical (unpaired) electrons. The maximum absolute atomic E-state index is 11.4. The average molecular weight is 1060 g/mol. The molecule has 0 heterocycles. The molecule has 0 N–H and O–H groups in total. The van der Waals surface area contributed by atoms with E-state index in [1.54, 1.807) is 0 Å². The fourth-order valence-electron chi connectivity index (χ4n) is 16.3. The van der Waals surface area contributed by atoms with Gasteiger partial charge in [-0.2, -0.15) is 0 Å². The summed E-state index contributed by atoms with van der Waals surface area (Å²) in [7, 11) is 0. The first kappa shape index (κ1) is 63.0. The lowest BCUT2D eigenvalue weighted by molar-refractivity contribution is -0.232. The van der Waals surface area contributed by atoms with Gasteiger partial charge in [-0.05, 0) is 177 Å². The molecule has 0 aromatic rings. The molecule has 0 aliphatic heterocycles. The fraction of sp³-hybridized carbons (Fsp3) is 0.917. The van der Waals surface area contributed by atoms with Crippen molar-refractivity contribution in [3.05, 3.63) is 0 Å². The number of esters is 5. The highest BCUT2D eigenvalue weighted by Gasteiger charge is 2.61. The first-order chi connectivity index (χ1) is 35.8. The van der Waals surface area contributed by atoms with Crippen LogP contribution in [0.1, 0.15) is 204 Å². The van der Waals surface area contributed by atoms with E-state index in [1.165, 1.54) is 118 Å². The molecule has 75 heavy (non-hydrogen) atoms. The molecule has 12 aliphatic rings. The fourth-order valence-corrected chi connectivity index (χ4v) is 16.3. The van der Waals surface area contributed by atoms with Crippen LogP contribution in [0.4, 0.5) is 0 Å². The maximum atomic E-state index is 11.4. The monoisotopic (exact) mass is 1060 g/mol. The van der Waals surface area contributed by atoms with Gasteiger partial charge in [0.25, 0.3) is 0 Å². The molecule has 6 unspecified atom stereocenters. The third kappa shape index (κ3) is 19.5. The van der Waals surface area contributed by atoms with E-state index >= 15 is 0 Å². The highest BCUT2D eigenvalue weighted by molar-refractivity contribution is 5.67. The van der Waals surface area contributed by atoms with Gasteiger partial charge in [-0.25, -0.2) is 0 Å². The lowest BCUT2D eigenvalue weighted by atomic mass is 9.48. The van der Waals surface area contributed by atoms with E-state index < -0.39 is 0 Å². The van der Waals surface area contributed by atoms with Crippen LogP contribution >= 0.6 is 0 Å². The zero-order valence-electron chi connectivity index (χ0n) is 48.4. The average Bonchev–Trinajstić information content (AvgIpc) is 3.32. The molecule has 0 amide bonds. The summed E-state index contributed by atoms with van der Waals surface area (Å²) in [6.07, 6.45) is 25.4. The predicted octanol–water partition coefficient (Wildman–Crippen LogP) is 11.1. The van der Waals surface area contributed by atoms with Gasteiger partial charge < -0.3 is 47.4 Å². The van der Waals surface area contributed by atoms with E-state index in [1.807, 2.05) is 13.8 Å². The van der Waals surface area contributed by atoms with Crippen LogP contribution in [0.25, 0.3) is 0 Å². The van der Waals surface area contributed by atoms with Crippen LogP contribution in [0.15, 0.2) is 0 Å². The normalized spacial score (nSPS) is 35.2. The van der Waals surface area contributed by atoms with Crippen LogP contribution in [0, 0.1) is 52.3 Å². The van der Waals surface area contributed by atoms with Crippen LogP contribution in [0.2, 0.25) is 0 Å². The minimum absolute atomic E-state index is 0.0234. The van der Waals surface area contributed by atoms with Gasteiger partial charge >= 0.3 is 29.8 Å². The molecular formula is C60H102O15. The zero-order valence-corrected chi connectivity index (χ0v) is 48.4. The van der Waals surface area contributed by atoms with Gasteiger partial charge in [0.15, 0.2) is 0 Å². The van der Waals surface area contributed by atoms with Crippen LogP contribution < -0.4 is 0 Å². The van der Waals surface area contributed by atoms with Crippen LogP contribution in [-0.4, -0.2) is 125 Å². The summed E-state index contributed by atoms with van der Waals surface area (Å²) in [4.78, 5) is 53.9. The summed E-state index contributed by atoms with van der Waals surface area (Å²) in [5, 5.41) is 0. The van der Waals surface area contributed by atoms with Gasteiger partial charge in [0.1, 0.15) is 18.8 Å². The minimum Gasteiger partial charge on any atom is -0.465 e. The van der Waals surface area contributed by atoms with Crippen molar-refractivity contribution < 1.29 is 71.3 Å². The third-order valence-electron chi connectivity index (χ3n) is 17.3. The molecule has 432 valence electrons. The molecule has 12 rings (SSSR count). The van der Waals surface area contributed by atoms with E-state index in [0.29, 0.717) is 76.0 Å². The van der Waals surface area contributed by atoms with Crippen LogP contribution in [-0.2, 0) is 71.3 Å². The van der Waals surface area contributed by atoms with Gasteiger partial charge in [-0.15, -0.1) is 0 Å². The van der Waals surface area contributed by atoms with E-state index in [9.17, 15) is 24.0 Å². The highest BCUT2D eigenvalue weighted by Crippen LogP contribution is 2.64. The number of ether oxygens (including phenoxy) is 10. The van der Waals surface area contributed by atoms with E-state index in [-0.39, 0.29) is 57.5 Å². The van der Waals surface area contributed by atoms with Crippen molar-refractivity contribution in [1.29, 1.82) is 0 Å². The van der Waals surface area contributed by atoms with Crippen molar-refractivity contribution in [3.8, 4) is 0 Å². The lowest BCUT2D eigenvalue weighted by Crippen LogP contribution is -2.61. The quantitative estimate of drug-likeness (QED) is 0.0536. The Kier molecular flexibility index (Phi) is 25.1. The van der Waals surface area contributed by atoms with Gasteiger partial charge in [-0.3, -0.25) is 24.0 Å². The molecule has 6 atom stereocenters. The van der Waals surface area contributed by atoms with Crippen molar-refractivity contribution >= 4 is 29.8 Å². The highest BCUT2D eigenvalue weighted by atomic mass is 16.6. The first-order valence-corrected chi connectivity index (χ1v) is 29.5. The van der Waals surface area contributed by atoms with Gasteiger partial charge in [0.05, 0.1) is 43.7 Å². The number of carbonyl (C=O) groups excluding carboxylic acids is 5. The molecule has 0 aromatic carbocycles. The van der Waals surface area contributed by atoms with Gasteiger partial charge in [-0.1, -0.05) is 27.7 Å². The topological polar surface area (TPSA) is 178 Å². The van der Waals surface area contributed by atoms with Crippen LogP contribution in [0.5, 0.6) is 0 Å². The zero-order chi connectivity index (χ0) is 54.7. The second-order valence-corrected chi connectivity index (χ2v) is 24.6. The molecule has 12 aliphatic carbocycles. The molecule has 12 saturated carbocycles. The molecule has 15 heteroatoms. The Balaban J connectivity index is 0.000000179. The summed E-state index contributed by atoms with van der Waals surface area (Å²) >= 11 is 0. The van der Waals surface area contributed by atoms with Crippen LogP contribution in [0.3, 0.4) is 0 Å². The van der Waals surface area contributed by atoms with Crippen molar-refractivity contribution in [2.45, 2.75) is 227 Å². The second kappa shape index (κ2) is 29.9. The number of hydrogen-bond donors (Lipinski definition) is 0. The molecule has 12 fully saturated rings. The third-order valence-corrected chi connectivity index (χ3v) is 17.3.